The zero-order valence-electron chi connectivity index (χ0n) is 9.90. The molecule has 17 heavy (non-hydrogen) atoms. The van der Waals surface area contributed by atoms with Gasteiger partial charge in [0.1, 0.15) is 5.41 Å². The molecule has 1 saturated heterocycles. The summed E-state index contributed by atoms with van der Waals surface area (Å²) in [4.78, 5) is 36.1. The van der Waals surface area contributed by atoms with E-state index >= 15 is 0 Å². The first-order chi connectivity index (χ1) is 7.85. The molecule has 0 saturated carbocycles. The number of hydrogen-bond acceptors (Lipinski definition) is 4. The quantitative estimate of drug-likeness (QED) is 0.536. The Bertz CT molecular complexity index is 378. The topological polar surface area (TPSA) is 86.7 Å². The van der Waals surface area contributed by atoms with Gasteiger partial charge >= 0.3 is 6.03 Å². The number of barbiturate groups is 1. The van der Waals surface area contributed by atoms with E-state index in [0.717, 1.165) is 4.90 Å². The molecule has 4 amide bonds. The Hall–Kier alpha value is -1.69. The van der Waals surface area contributed by atoms with Crippen molar-refractivity contribution in [3.63, 3.8) is 0 Å². The fourth-order valence-electron chi connectivity index (χ4n) is 2.01. The number of aliphatic hydroxyl groups excluding tert-OH is 1. The van der Waals surface area contributed by atoms with Crippen LogP contribution in [-0.4, -0.2) is 41.0 Å². The maximum atomic E-state index is 12.1. The summed E-state index contributed by atoms with van der Waals surface area (Å²) < 4.78 is 0. The maximum Gasteiger partial charge on any atom is 0.330 e. The van der Waals surface area contributed by atoms with Crippen molar-refractivity contribution in [2.45, 2.75) is 25.9 Å². The van der Waals surface area contributed by atoms with Gasteiger partial charge in [0.25, 0.3) is 0 Å². The molecule has 2 N–H and O–H groups in total. The first-order valence-electron chi connectivity index (χ1n) is 5.27. The minimum Gasteiger partial charge on any atom is -0.393 e. The summed E-state index contributed by atoms with van der Waals surface area (Å²) in [6, 6.07) is -0.745. The van der Waals surface area contributed by atoms with E-state index in [1.165, 1.54) is 20.0 Å². The zero-order valence-corrected chi connectivity index (χ0v) is 9.90. The van der Waals surface area contributed by atoms with Gasteiger partial charge in [0.05, 0.1) is 6.10 Å². The SMILES string of the molecule is C=CC[C@@]1(C[C@@H](C)O)C(=O)NC(=O)N(C)C1=O. The van der Waals surface area contributed by atoms with Crippen LogP contribution >= 0.6 is 0 Å². The van der Waals surface area contributed by atoms with Crippen molar-refractivity contribution in [1.82, 2.24) is 10.2 Å². The van der Waals surface area contributed by atoms with Gasteiger partial charge in [-0.1, -0.05) is 6.08 Å². The van der Waals surface area contributed by atoms with Gasteiger partial charge in [-0.2, -0.15) is 0 Å². The van der Waals surface area contributed by atoms with Crippen LogP contribution in [0.2, 0.25) is 0 Å². The molecule has 0 aliphatic carbocycles. The predicted molar refractivity (Wildman–Crippen MR) is 59.9 cm³/mol. The van der Waals surface area contributed by atoms with Crippen molar-refractivity contribution in [3.8, 4) is 0 Å². The third-order valence-corrected chi connectivity index (χ3v) is 2.81. The smallest absolute Gasteiger partial charge is 0.330 e. The van der Waals surface area contributed by atoms with E-state index in [-0.39, 0.29) is 12.8 Å². The molecule has 94 valence electrons. The standard InChI is InChI=1S/C11H16N2O4/c1-4-5-11(6-7(2)14)8(15)12-10(17)13(3)9(11)16/h4,7,14H,1,5-6H2,2-3H3,(H,12,15,17)/t7-,11-/m1/s1. The summed E-state index contributed by atoms with van der Waals surface area (Å²) in [5.74, 6) is -1.28. The highest BCUT2D eigenvalue weighted by molar-refractivity contribution is 6.19. The van der Waals surface area contributed by atoms with Crippen molar-refractivity contribution in [2.24, 2.45) is 5.41 Å². The van der Waals surface area contributed by atoms with Gasteiger partial charge in [-0.3, -0.25) is 19.8 Å². The molecule has 0 unspecified atom stereocenters. The Balaban J connectivity index is 3.16. The number of carbonyl (C=O) groups is 3. The summed E-state index contributed by atoms with van der Waals surface area (Å²) in [5, 5.41) is 11.5. The molecule has 0 spiro atoms. The van der Waals surface area contributed by atoms with Crippen LogP contribution in [-0.2, 0) is 9.59 Å². The summed E-state index contributed by atoms with van der Waals surface area (Å²) in [6.07, 6.45) is 0.650. The fourth-order valence-corrected chi connectivity index (χ4v) is 2.01. The molecule has 1 aliphatic heterocycles. The number of imide groups is 2. The molecule has 0 aromatic rings. The molecule has 2 atom stereocenters. The fraction of sp³-hybridized carbons (Fsp3) is 0.545. The van der Waals surface area contributed by atoms with Crippen LogP contribution in [0.3, 0.4) is 0 Å². The first kappa shape index (κ1) is 13.4. The molecule has 0 bridgehead atoms. The Morgan fingerprint density at radius 1 is 1.53 bits per heavy atom. The van der Waals surface area contributed by atoms with Crippen molar-refractivity contribution in [1.29, 1.82) is 0 Å². The van der Waals surface area contributed by atoms with E-state index in [4.69, 9.17) is 0 Å². The number of aliphatic hydroxyl groups is 1. The van der Waals surface area contributed by atoms with Crippen LogP contribution in [0.25, 0.3) is 0 Å². The predicted octanol–water partition coefficient (Wildman–Crippen LogP) is 0.0280. The van der Waals surface area contributed by atoms with Crippen LogP contribution in [0.5, 0.6) is 0 Å². The highest BCUT2D eigenvalue weighted by atomic mass is 16.3. The molecule has 6 nitrogen and oxygen atoms in total. The summed E-state index contributed by atoms with van der Waals surface area (Å²) >= 11 is 0. The number of rotatable bonds is 4. The largest absolute Gasteiger partial charge is 0.393 e. The molecular weight excluding hydrogens is 224 g/mol. The van der Waals surface area contributed by atoms with Gasteiger partial charge in [0, 0.05) is 7.05 Å². The van der Waals surface area contributed by atoms with Gasteiger partial charge in [-0.05, 0) is 19.8 Å². The van der Waals surface area contributed by atoms with Gasteiger partial charge in [-0.25, -0.2) is 4.79 Å². The van der Waals surface area contributed by atoms with Crippen LogP contribution < -0.4 is 5.32 Å². The molecule has 1 fully saturated rings. The highest BCUT2D eigenvalue weighted by Gasteiger charge is 2.52. The van der Waals surface area contributed by atoms with Crippen LogP contribution in [0.4, 0.5) is 4.79 Å². The number of nitrogens with one attached hydrogen (secondary N) is 1. The molecular formula is C11H16N2O4. The van der Waals surface area contributed by atoms with Gasteiger partial charge in [-0.15, -0.1) is 6.58 Å². The number of amides is 4. The Morgan fingerprint density at radius 3 is 2.59 bits per heavy atom. The molecule has 6 heteroatoms. The van der Waals surface area contributed by atoms with E-state index in [1.54, 1.807) is 0 Å². The van der Waals surface area contributed by atoms with Crippen LogP contribution in [0.1, 0.15) is 19.8 Å². The van der Waals surface area contributed by atoms with Crippen molar-refractivity contribution in [2.75, 3.05) is 7.05 Å². The van der Waals surface area contributed by atoms with E-state index in [2.05, 4.69) is 11.9 Å². The summed E-state index contributed by atoms with van der Waals surface area (Å²) in [5.41, 5.74) is -1.43. The Labute approximate surface area is 99.3 Å². The zero-order chi connectivity index (χ0) is 13.2. The van der Waals surface area contributed by atoms with E-state index in [1.807, 2.05) is 0 Å². The summed E-state index contributed by atoms with van der Waals surface area (Å²) in [7, 11) is 1.30. The first-order valence-corrected chi connectivity index (χ1v) is 5.27. The van der Waals surface area contributed by atoms with E-state index in [9.17, 15) is 19.5 Å². The Morgan fingerprint density at radius 2 is 2.12 bits per heavy atom. The lowest BCUT2D eigenvalue weighted by atomic mass is 9.76. The number of carbonyl (C=O) groups excluding carboxylic acids is 3. The lowest BCUT2D eigenvalue weighted by Gasteiger charge is -2.37. The molecule has 0 aromatic carbocycles. The van der Waals surface area contributed by atoms with Crippen LogP contribution in [0, 0.1) is 5.41 Å². The lowest BCUT2D eigenvalue weighted by molar-refractivity contribution is -0.152. The highest BCUT2D eigenvalue weighted by Crippen LogP contribution is 2.33. The number of nitrogens with zero attached hydrogens (tertiary/aromatic N) is 1. The molecule has 0 aromatic heterocycles. The number of urea groups is 1. The minimum absolute atomic E-state index is 0.0404. The third-order valence-electron chi connectivity index (χ3n) is 2.81. The average Bonchev–Trinajstić information content (AvgIpc) is 2.23. The molecule has 1 aliphatic rings. The van der Waals surface area contributed by atoms with Gasteiger partial charge < -0.3 is 5.11 Å². The Kier molecular flexibility index (Phi) is 3.67. The monoisotopic (exact) mass is 240 g/mol. The molecule has 1 heterocycles. The van der Waals surface area contributed by atoms with Gasteiger partial charge in [0.15, 0.2) is 0 Å². The molecule has 0 radical (unpaired) electrons. The molecule has 1 rings (SSSR count). The van der Waals surface area contributed by atoms with Crippen molar-refractivity contribution in [3.05, 3.63) is 12.7 Å². The number of allylic oxidation sites excluding steroid dienone is 1. The second kappa shape index (κ2) is 4.67. The van der Waals surface area contributed by atoms with Crippen LogP contribution in [0.15, 0.2) is 12.7 Å². The normalized spacial score (nSPS) is 26.8. The van der Waals surface area contributed by atoms with Crippen molar-refractivity contribution >= 4 is 17.8 Å². The second-order valence-corrected chi connectivity index (χ2v) is 4.25. The van der Waals surface area contributed by atoms with Gasteiger partial charge in [0.2, 0.25) is 11.8 Å². The average molecular weight is 240 g/mol. The van der Waals surface area contributed by atoms with E-state index in [0.29, 0.717) is 0 Å². The third kappa shape index (κ3) is 2.21. The van der Waals surface area contributed by atoms with Crippen molar-refractivity contribution < 1.29 is 19.5 Å². The number of hydrogen-bond donors (Lipinski definition) is 2. The lowest BCUT2D eigenvalue weighted by Crippen LogP contribution is -2.63. The minimum atomic E-state index is -1.43. The second-order valence-electron chi connectivity index (χ2n) is 4.25. The van der Waals surface area contributed by atoms with E-state index < -0.39 is 29.4 Å². The summed E-state index contributed by atoms with van der Waals surface area (Å²) in [6.45, 7) is 4.99. The maximum absolute atomic E-state index is 12.1.